The van der Waals surface area contributed by atoms with Crippen molar-refractivity contribution in [3.8, 4) is 17.3 Å². The second-order valence-electron chi connectivity index (χ2n) is 8.24. The highest BCUT2D eigenvalue weighted by molar-refractivity contribution is 6.30. The van der Waals surface area contributed by atoms with E-state index in [9.17, 15) is 14.5 Å². The number of fused-ring (bicyclic) bond motifs is 2. The lowest BCUT2D eigenvalue weighted by atomic mass is 10.0. The number of nitrogens with zero attached hydrogens (tertiary/aromatic N) is 5. The monoisotopic (exact) mass is 443 g/mol. The molecule has 2 aliphatic rings. The average Bonchev–Trinajstić information content (AvgIpc) is 3.22. The van der Waals surface area contributed by atoms with Crippen LogP contribution >= 0.6 is 11.6 Å². The van der Waals surface area contributed by atoms with Gasteiger partial charge in [-0.1, -0.05) is 17.7 Å². The summed E-state index contributed by atoms with van der Waals surface area (Å²) in [6.07, 6.45) is 2.18. The first kappa shape index (κ1) is 19.9. The predicted molar refractivity (Wildman–Crippen MR) is 112 cm³/mol. The predicted octanol–water partition coefficient (Wildman–Crippen LogP) is 3.86. The van der Waals surface area contributed by atoms with Gasteiger partial charge in [0.05, 0.1) is 12.2 Å². The largest absolute Gasteiger partial charge is 0.436 e. The number of benzene rings is 1. The van der Waals surface area contributed by atoms with Crippen molar-refractivity contribution in [2.45, 2.75) is 32.0 Å². The molecular formula is C21H19ClFN5O3. The van der Waals surface area contributed by atoms with E-state index in [2.05, 4.69) is 9.88 Å². The quantitative estimate of drug-likeness (QED) is 0.449. The molecule has 0 spiro atoms. The Morgan fingerprint density at radius 3 is 2.90 bits per heavy atom. The van der Waals surface area contributed by atoms with Crippen LogP contribution in [0.15, 0.2) is 36.5 Å². The van der Waals surface area contributed by atoms with Crippen molar-refractivity contribution in [3.63, 3.8) is 0 Å². The maximum Gasteiger partial charge on any atom is 0.415 e. The fraction of sp³-hybridized carbons (Fsp3) is 0.333. The second-order valence-corrected chi connectivity index (χ2v) is 8.68. The summed E-state index contributed by atoms with van der Waals surface area (Å²) < 4.78 is 21.3. The van der Waals surface area contributed by atoms with E-state index in [1.807, 2.05) is 19.1 Å². The molecule has 0 amide bonds. The summed E-state index contributed by atoms with van der Waals surface area (Å²) in [7, 11) is 0. The number of pyridine rings is 1. The molecule has 2 aliphatic heterocycles. The van der Waals surface area contributed by atoms with E-state index < -0.39 is 10.5 Å². The first-order chi connectivity index (χ1) is 14.8. The molecule has 8 nitrogen and oxygen atoms in total. The summed E-state index contributed by atoms with van der Waals surface area (Å²) in [5, 5.41) is 11.2. The van der Waals surface area contributed by atoms with Crippen LogP contribution in [0.2, 0.25) is 5.02 Å². The molecule has 0 saturated heterocycles. The molecule has 3 aromatic rings. The molecule has 0 saturated carbocycles. The number of halogens is 2. The van der Waals surface area contributed by atoms with Crippen LogP contribution in [0.4, 0.5) is 10.2 Å². The normalized spacial score (nSPS) is 20.2. The molecule has 31 heavy (non-hydrogen) atoms. The van der Waals surface area contributed by atoms with Gasteiger partial charge < -0.3 is 14.9 Å². The van der Waals surface area contributed by atoms with Crippen LogP contribution in [-0.4, -0.2) is 43.0 Å². The summed E-state index contributed by atoms with van der Waals surface area (Å²) >= 11 is 5.98. The van der Waals surface area contributed by atoms with Crippen molar-refractivity contribution in [3.05, 3.63) is 68.7 Å². The van der Waals surface area contributed by atoms with E-state index in [0.29, 0.717) is 35.9 Å². The highest BCUT2D eigenvalue weighted by Gasteiger charge is 2.41. The van der Waals surface area contributed by atoms with Crippen molar-refractivity contribution >= 4 is 17.4 Å². The molecule has 1 aromatic carbocycles. The SMILES string of the molecule is C[C@]1(CN2CCc3nc(-c4cc(F)cc(Cl)c4)ccc3C2)Cn2cc([N+](=O)[O-])nc2O1. The first-order valence-electron chi connectivity index (χ1n) is 9.86. The number of rotatable bonds is 4. The Labute approximate surface area is 182 Å². The van der Waals surface area contributed by atoms with Gasteiger partial charge in [0.15, 0.2) is 0 Å². The number of hydrogen-bond donors (Lipinski definition) is 0. The topological polar surface area (TPSA) is 86.3 Å². The fourth-order valence-electron chi connectivity index (χ4n) is 4.31. The van der Waals surface area contributed by atoms with Gasteiger partial charge in [-0.2, -0.15) is 0 Å². The molecule has 0 aliphatic carbocycles. The lowest BCUT2D eigenvalue weighted by Gasteiger charge is -2.34. The van der Waals surface area contributed by atoms with Crippen LogP contribution in [0, 0.1) is 15.9 Å². The first-order valence-corrected chi connectivity index (χ1v) is 10.2. The average molecular weight is 444 g/mol. The summed E-state index contributed by atoms with van der Waals surface area (Å²) in [6.45, 7) is 4.66. The smallest absolute Gasteiger partial charge is 0.415 e. The Morgan fingerprint density at radius 2 is 2.16 bits per heavy atom. The third-order valence-corrected chi connectivity index (χ3v) is 5.82. The van der Waals surface area contributed by atoms with Crippen LogP contribution in [-0.2, 0) is 19.5 Å². The summed E-state index contributed by atoms with van der Waals surface area (Å²) in [5.41, 5.74) is 2.96. The van der Waals surface area contributed by atoms with E-state index in [4.69, 9.17) is 21.3 Å². The van der Waals surface area contributed by atoms with Crippen LogP contribution in [0.25, 0.3) is 11.3 Å². The second kappa shape index (κ2) is 7.28. The molecule has 5 rings (SSSR count). The molecule has 0 bridgehead atoms. The Bertz CT molecular complexity index is 1150. The van der Waals surface area contributed by atoms with Crippen molar-refractivity contribution in [2.24, 2.45) is 0 Å². The molecule has 0 unspecified atom stereocenters. The van der Waals surface area contributed by atoms with Crippen molar-refractivity contribution in [1.29, 1.82) is 0 Å². The van der Waals surface area contributed by atoms with E-state index in [1.165, 1.54) is 18.3 Å². The van der Waals surface area contributed by atoms with Gasteiger partial charge in [-0.3, -0.25) is 14.5 Å². The highest BCUT2D eigenvalue weighted by Crippen LogP contribution is 2.33. The zero-order valence-corrected chi connectivity index (χ0v) is 17.5. The highest BCUT2D eigenvalue weighted by atomic mass is 35.5. The van der Waals surface area contributed by atoms with Gasteiger partial charge in [0.2, 0.25) is 0 Å². The Hall–Kier alpha value is -3.04. The molecule has 160 valence electrons. The maximum absolute atomic E-state index is 13.7. The molecule has 2 aromatic heterocycles. The molecule has 0 fully saturated rings. The van der Waals surface area contributed by atoms with Gasteiger partial charge in [0.25, 0.3) is 0 Å². The van der Waals surface area contributed by atoms with Crippen LogP contribution in [0.3, 0.4) is 0 Å². The van der Waals surface area contributed by atoms with Gasteiger partial charge in [-0.15, -0.1) is 0 Å². The lowest BCUT2D eigenvalue weighted by molar-refractivity contribution is -0.389. The minimum Gasteiger partial charge on any atom is -0.436 e. The number of hydrogen-bond acceptors (Lipinski definition) is 6. The molecular weight excluding hydrogens is 425 g/mol. The fourth-order valence-corrected chi connectivity index (χ4v) is 4.53. The molecule has 0 N–H and O–H groups in total. The Balaban J connectivity index is 1.29. The van der Waals surface area contributed by atoms with Gasteiger partial charge in [-0.05, 0) is 41.7 Å². The number of ether oxygens (including phenoxy) is 1. The zero-order chi connectivity index (χ0) is 21.8. The van der Waals surface area contributed by atoms with E-state index in [1.54, 1.807) is 10.6 Å². The minimum absolute atomic E-state index is 0.203. The van der Waals surface area contributed by atoms with Gasteiger partial charge in [0, 0.05) is 47.3 Å². The summed E-state index contributed by atoms with van der Waals surface area (Å²) in [5.74, 6) is -0.589. The molecule has 10 heteroatoms. The van der Waals surface area contributed by atoms with E-state index >= 15 is 0 Å². The lowest BCUT2D eigenvalue weighted by Crippen LogP contribution is -2.46. The Kier molecular flexibility index (Phi) is 4.67. The number of nitro groups is 1. The third kappa shape index (κ3) is 3.86. The summed E-state index contributed by atoms with van der Waals surface area (Å²) in [4.78, 5) is 21.3. The van der Waals surface area contributed by atoms with Crippen LogP contribution < -0.4 is 4.74 Å². The standard InChI is InChI=1S/C21H19ClFN5O3/c1-21(12-27-10-19(28(29)30)25-20(27)31-21)11-26-5-4-18-13(9-26)2-3-17(24-18)14-6-15(22)8-16(23)7-14/h2-3,6-8,10H,4-5,9,11-12H2,1H3/t21-/m0/s1. The molecule has 4 heterocycles. The van der Waals surface area contributed by atoms with Crippen molar-refractivity contribution in [1.82, 2.24) is 19.4 Å². The zero-order valence-electron chi connectivity index (χ0n) is 16.7. The molecule has 0 radical (unpaired) electrons. The molecule has 1 atom stereocenters. The van der Waals surface area contributed by atoms with Crippen molar-refractivity contribution < 1.29 is 14.1 Å². The Morgan fingerprint density at radius 1 is 1.32 bits per heavy atom. The van der Waals surface area contributed by atoms with Gasteiger partial charge >= 0.3 is 11.8 Å². The van der Waals surface area contributed by atoms with Crippen molar-refractivity contribution in [2.75, 3.05) is 13.1 Å². The summed E-state index contributed by atoms with van der Waals surface area (Å²) in [6, 6.07) is 8.61. The minimum atomic E-state index is -0.521. The number of imidazole rings is 1. The van der Waals surface area contributed by atoms with Crippen LogP contribution in [0.1, 0.15) is 18.2 Å². The third-order valence-electron chi connectivity index (χ3n) is 5.60. The van der Waals surface area contributed by atoms with Gasteiger partial charge in [0.1, 0.15) is 17.6 Å². The van der Waals surface area contributed by atoms with E-state index in [0.717, 1.165) is 24.2 Å². The van der Waals surface area contributed by atoms with E-state index in [-0.39, 0.29) is 17.6 Å². The maximum atomic E-state index is 13.7. The van der Waals surface area contributed by atoms with Crippen LogP contribution in [0.5, 0.6) is 6.01 Å². The number of aromatic nitrogens is 3. The van der Waals surface area contributed by atoms with Gasteiger partial charge in [-0.25, -0.2) is 4.39 Å².